The third kappa shape index (κ3) is 4.31. The van der Waals surface area contributed by atoms with Crippen molar-refractivity contribution in [3.05, 3.63) is 59.7 Å². The quantitative estimate of drug-likeness (QED) is 0.638. The Bertz CT molecular complexity index is 1150. The van der Waals surface area contributed by atoms with Crippen molar-refractivity contribution < 1.29 is 27.5 Å². The highest BCUT2D eigenvalue weighted by atomic mass is 32.2. The van der Waals surface area contributed by atoms with Gasteiger partial charge < -0.3 is 15.0 Å². The van der Waals surface area contributed by atoms with Gasteiger partial charge in [0.05, 0.1) is 12.7 Å². The van der Waals surface area contributed by atoms with Crippen molar-refractivity contribution >= 4 is 27.7 Å². The molecule has 170 valence electrons. The lowest BCUT2D eigenvalue weighted by Gasteiger charge is -2.31. The van der Waals surface area contributed by atoms with Crippen molar-refractivity contribution in [1.29, 1.82) is 0 Å². The van der Waals surface area contributed by atoms with E-state index in [4.69, 9.17) is 4.74 Å². The van der Waals surface area contributed by atoms with Crippen molar-refractivity contribution in [2.24, 2.45) is 0 Å². The van der Waals surface area contributed by atoms with Crippen LogP contribution in [0.15, 0.2) is 53.4 Å². The number of hydrogen-bond donors (Lipinski definition) is 1. The van der Waals surface area contributed by atoms with Crippen LogP contribution < -0.4 is 10.1 Å². The normalized spacial score (nSPS) is 15.1. The van der Waals surface area contributed by atoms with E-state index >= 15 is 0 Å². The average molecular weight is 460 g/mol. The Labute approximate surface area is 187 Å². The SMILES string of the molecule is CC[C@H](C(=O)NC)N(Cc1cccc(OC)c1)C(=O)CN1C(=O)c2ccccc2S1(=O)=O. The number of likely N-dealkylation sites (N-methyl/N-ethyl adjacent to an activating group) is 1. The minimum atomic E-state index is -4.15. The number of hydrogen-bond acceptors (Lipinski definition) is 6. The van der Waals surface area contributed by atoms with Gasteiger partial charge in [-0.05, 0) is 36.2 Å². The number of nitrogens with one attached hydrogen (secondary N) is 1. The fourth-order valence-corrected chi connectivity index (χ4v) is 5.17. The highest BCUT2D eigenvalue weighted by molar-refractivity contribution is 7.90. The molecule has 1 heterocycles. The Morgan fingerprint density at radius 3 is 2.50 bits per heavy atom. The molecule has 0 fully saturated rings. The number of sulfonamides is 1. The number of nitrogens with zero attached hydrogens (tertiary/aromatic N) is 2. The van der Waals surface area contributed by atoms with Crippen LogP contribution in [0.25, 0.3) is 0 Å². The average Bonchev–Trinajstić information content (AvgIpc) is 2.99. The number of fused-ring (bicyclic) bond motifs is 1. The number of amides is 3. The van der Waals surface area contributed by atoms with Crippen LogP contribution in [0.4, 0.5) is 0 Å². The first-order valence-corrected chi connectivity index (χ1v) is 11.5. The van der Waals surface area contributed by atoms with Crippen molar-refractivity contribution in [3.63, 3.8) is 0 Å². The van der Waals surface area contributed by atoms with E-state index in [1.54, 1.807) is 37.3 Å². The zero-order valence-corrected chi connectivity index (χ0v) is 18.9. The van der Waals surface area contributed by atoms with Crippen LogP contribution in [0.1, 0.15) is 29.3 Å². The molecule has 0 saturated carbocycles. The Kier molecular flexibility index (Phi) is 6.83. The first kappa shape index (κ1) is 23.3. The summed E-state index contributed by atoms with van der Waals surface area (Å²) in [5, 5.41) is 2.54. The molecule has 0 unspecified atom stereocenters. The summed E-state index contributed by atoms with van der Waals surface area (Å²) >= 11 is 0. The van der Waals surface area contributed by atoms with Gasteiger partial charge in [-0.2, -0.15) is 0 Å². The zero-order valence-electron chi connectivity index (χ0n) is 18.1. The lowest BCUT2D eigenvalue weighted by atomic mass is 10.1. The van der Waals surface area contributed by atoms with Crippen LogP contribution in [-0.2, 0) is 26.2 Å². The van der Waals surface area contributed by atoms with E-state index in [1.807, 2.05) is 0 Å². The minimum Gasteiger partial charge on any atom is -0.497 e. The molecular formula is C22H25N3O6S. The van der Waals surface area contributed by atoms with E-state index in [9.17, 15) is 22.8 Å². The number of carbonyl (C=O) groups is 3. The number of rotatable bonds is 8. The Balaban J connectivity index is 1.93. The van der Waals surface area contributed by atoms with Gasteiger partial charge in [-0.3, -0.25) is 14.4 Å². The molecule has 3 amide bonds. The van der Waals surface area contributed by atoms with Gasteiger partial charge in [0.2, 0.25) is 11.8 Å². The molecule has 0 saturated heterocycles. The zero-order chi connectivity index (χ0) is 23.5. The Morgan fingerprint density at radius 2 is 1.88 bits per heavy atom. The molecule has 0 spiro atoms. The van der Waals surface area contributed by atoms with Crippen molar-refractivity contribution in [1.82, 2.24) is 14.5 Å². The monoisotopic (exact) mass is 459 g/mol. The third-order valence-electron chi connectivity index (χ3n) is 5.31. The maximum Gasteiger partial charge on any atom is 0.269 e. The van der Waals surface area contributed by atoms with Crippen molar-refractivity contribution in [2.75, 3.05) is 20.7 Å². The fourth-order valence-electron chi connectivity index (χ4n) is 3.65. The predicted octanol–water partition coefficient (Wildman–Crippen LogP) is 1.39. The predicted molar refractivity (Wildman–Crippen MR) is 116 cm³/mol. The maximum absolute atomic E-state index is 13.3. The number of benzene rings is 2. The van der Waals surface area contributed by atoms with Gasteiger partial charge in [-0.15, -0.1) is 0 Å². The maximum atomic E-state index is 13.3. The summed E-state index contributed by atoms with van der Waals surface area (Å²) in [4.78, 5) is 39.7. The van der Waals surface area contributed by atoms with Gasteiger partial charge in [0, 0.05) is 13.6 Å². The Morgan fingerprint density at radius 1 is 1.16 bits per heavy atom. The van der Waals surface area contributed by atoms with E-state index < -0.39 is 34.4 Å². The lowest BCUT2D eigenvalue weighted by Crippen LogP contribution is -2.51. The van der Waals surface area contributed by atoms with Crippen LogP contribution in [-0.4, -0.2) is 62.1 Å². The summed E-state index contributed by atoms with van der Waals surface area (Å²) in [5.41, 5.74) is 0.719. The van der Waals surface area contributed by atoms with E-state index in [0.717, 1.165) is 0 Å². The molecule has 2 aromatic carbocycles. The first-order valence-electron chi connectivity index (χ1n) is 10.0. The number of ether oxygens (including phenoxy) is 1. The van der Waals surface area contributed by atoms with Crippen LogP contribution >= 0.6 is 0 Å². The molecule has 32 heavy (non-hydrogen) atoms. The minimum absolute atomic E-state index is 0.0259. The molecule has 10 heteroatoms. The third-order valence-corrected chi connectivity index (χ3v) is 7.10. The van der Waals surface area contributed by atoms with E-state index in [2.05, 4.69) is 5.32 Å². The molecule has 1 N–H and O–H groups in total. The molecule has 1 atom stereocenters. The number of carbonyl (C=O) groups excluding carboxylic acids is 3. The summed E-state index contributed by atoms with van der Waals surface area (Å²) in [6.45, 7) is 1.09. The molecule has 0 aliphatic carbocycles. The van der Waals surface area contributed by atoms with E-state index in [0.29, 0.717) is 22.0 Å². The van der Waals surface area contributed by atoms with E-state index in [1.165, 1.54) is 37.3 Å². The summed E-state index contributed by atoms with van der Waals surface area (Å²) in [6.07, 6.45) is 0.302. The van der Waals surface area contributed by atoms with Gasteiger partial charge in [-0.1, -0.05) is 31.2 Å². The van der Waals surface area contributed by atoms with Gasteiger partial charge in [0.25, 0.3) is 15.9 Å². The van der Waals surface area contributed by atoms with Crippen LogP contribution in [0.5, 0.6) is 5.75 Å². The largest absolute Gasteiger partial charge is 0.497 e. The van der Waals surface area contributed by atoms with Gasteiger partial charge >= 0.3 is 0 Å². The highest BCUT2D eigenvalue weighted by Gasteiger charge is 2.43. The van der Waals surface area contributed by atoms with Crippen LogP contribution in [0, 0.1) is 0 Å². The van der Waals surface area contributed by atoms with Gasteiger partial charge in [0.1, 0.15) is 23.2 Å². The van der Waals surface area contributed by atoms with Crippen molar-refractivity contribution in [2.45, 2.75) is 30.8 Å². The molecule has 0 radical (unpaired) electrons. The Hall–Kier alpha value is -3.40. The molecular weight excluding hydrogens is 434 g/mol. The molecule has 3 rings (SSSR count). The van der Waals surface area contributed by atoms with Gasteiger partial charge in [0.15, 0.2) is 0 Å². The summed E-state index contributed by atoms with van der Waals surface area (Å²) in [5.74, 6) is -1.23. The fraction of sp³-hybridized carbons (Fsp3) is 0.318. The molecule has 0 bridgehead atoms. The topological polar surface area (TPSA) is 113 Å². The first-order chi connectivity index (χ1) is 15.2. The summed E-state index contributed by atoms with van der Waals surface area (Å²) in [6, 6.07) is 12.0. The second kappa shape index (κ2) is 9.39. The smallest absolute Gasteiger partial charge is 0.269 e. The molecule has 2 aromatic rings. The van der Waals surface area contributed by atoms with E-state index in [-0.39, 0.29) is 22.9 Å². The van der Waals surface area contributed by atoms with Crippen molar-refractivity contribution in [3.8, 4) is 5.75 Å². The molecule has 1 aliphatic rings. The van der Waals surface area contributed by atoms with Crippen LogP contribution in [0.2, 0.25) is 0 Å². The standard InChI is InChI=1S/C22H25N3O6S/c1-4-18(21(27)23-2)24(13-15-8-7-9-16(12-15)31-3)20(26)14-25-22(28)17-10-5-6-11-19(17)32(25,29)30/h5-12,18H,4,13-14H2,1-3H3,(H,23,27)/t18-/m1/s1. The second-order valence-corrected chi connectivity index (χ2v) is 9.06. The van der Waals surface area contributed by atoms with Crippen LogP contribution in [0.3, 0.4) is 0 Å². The molecule has 0 aromatic heterocycles. The second-order valence-electron chi connectivity index (χ2n) is 7.22. The molecule has 9 nitrogen and oxygen atoms in total. The molecule has 1 aliphatic heterocycles. The summed E-state index contributed by atoms with van der Waals surface area (Å²) in [7, 11) is -1.17. The summed E-state index contributed by atoms with van der Waals surface area (Å²) < 4.78 is 31.5. The highest BCUT2D eigenvalue weighted by Crippen LogP contribution is 2.30. The van der Waals surface area contributed by atoms with Gasteiger partial charge in [-0.25, -0.2) is 12.7 Å². The number of methoxy groups -OCH3 is 1. The lowest BCUT2D eigenvalue weighted by molar-refractivity contribution is -0.141.